The molecule has 0 bridgehead atoms. The van der Waals surface area contributed by atoms with Gasteiger partial charge in [-0.2, -0.15) is 4.31 Å². The molecule has 0 radical (unpaired) electrons. The first-order chi connectivity index (χ1) is 13.2. The van der Waals surface area contributed by atoms with E-state index >= 15 is 0 Å². The standard InChI is InChI=1S/C18H19F3N2O4S/c1-27-10-2-9-23(28(25,26)15-6-3-13(19)4-7-15)12-18(24)22-17-11-14(20)5-8-16(17)21/h3-8,11H,2,9-10,12H2,1H3,(H,22,24). The minimum Gasteiger partial charge on any atom is -0.385 e. The average molecular weight is 416 g/mol. The maximum atomic E-state index is 13.7. The van der Waals surface area contributed by atoms with Crippen molar-refractivity contribution in [1.82, 2.24) is 4.31 Å². The third kappa shape index (κ3) is 5.78. The van der Waals surface area contributed by atoms with Gasteiger partial charge in [0.1, 0.15) is 17.5 Å². The molecule has 0 fully saturated rings. The van der Waals surface area contributed by atoms with E-state index in [2.05, 4.69) is 5.32 Å². The molecule has 0 saturated carbocycles. The molecule has 0 spiro atoms. The number of halogens is 3. The summed E-state index contributed by atoms with van der Waals surface area (Å²) >= 11 is 0. The lowest BCUT2D eigenvalue weighted by Crippen LogP contribution is -2.39. The summed E-state index contributed by atoms with van der Waals surface area (Å²) in [5, 5.41) is 2.15. The highest BCUT2D eigenvalue weighted by atomic mass is 32.2. The van der Waals surface area contributed by atoms with Crippen molar-refractivity contribution in [3.63, 3.8) is 0 Å². The second kappa shape index (κ2) is 9.67. The maximum absolute atomic E-state index is 13.7. The maximum Gasteiger partial charge on any atom is 0.243 e. The lowest BCUT2D eigenvalue weighted by Gasteiger charge is -2.22. The molecule has 0 aromatic heterocycles. The second-order valence-corrected chi connectivity index (χ2v) is 7.75. The highest BCUT2D eigenvalue weighted by Crippen LogP contribution is 2.18. The van der Waals surface area contributed by atoms with Gasteiger partial charge >= 0.3 is 0 Å². The van der Waals surface area contributed by atoms with Crippen LogP contribution in [-0.4, -0.2) is 45.4 Å². The number of ether oxygens (including phenoxy) is 1. The Morgan fingerprint density at radius 2 is 1.71 bits per heavy atom. The lowest BCUT2D eigenvalue weighted by molar-refractivity contribution is -0.116. The van der Waals surface area contributed by atoms with Crippen LogP contribution in [0.1, 0.15) is 6.42 Å². The number of anilines is 1. The number of carbonyl (C=O) groups excluding carboxylic acids is 1. The van der Waals surface area contributed by atoms with Crippen LogP contribution in [-0.2, 0) is 19.6 Å². The molecular weight excluding hydrogens is 397 g/mol. The van der Waals surface area contributed by atoms with Gasteiger partial charge in [0.15, 0.2) is 0 Å². The third-order valence-corrected chi connectivity index (χ3v) is 5.59. The van der Waals surface area contributed by atoms with Crippen LogP contribution in [0, 0.1) is 17.5 Å². The smallest absolute Gasteiger partial charge is 0.243 e. The first-order valence-corrected chi connectivity index (χ1v) is 9.67. The Morgan fingerprint density at radius 1 is 1.07 bits per heavy atom. The minimum absolute atomic E-state index is 0.0629. The van der Waals surface area contributed by atoms with Gasteiger partial charge in [-0.1, -0.05) is 0 Å². The molecule has 0 aliphatic heterocycles. The van der Waals surface area contributed by atoms with Crippen molar-refractivity contribution >= 4 is 21.6 Å². The zero-order valence-corrected chi connectivity index (χ0v) is 15.8. The van der Waals surface area contributed by atoms with Crippen LogP contribution in [0.25, 0.3) is 0 Å². The van der Waals surface area contributed by atoms with E-state index in [0.717, 1.165) is 46.8 Å². The molecule has 2 rings (SSSR count). The number of sulfonamides is 1. The Kier molecular flexibility index (Phi) is 7.55. The van der Waals surface area contributed by atoms with E-state index in [1.807, 2.05) is 0 Å². The van der Waals surface area contributed by atoms with E-state index in [4.69, 9.17) is 4.74 Å². The monoisotopic (exact) mass is 416 g/mol. The molecule has 1 amide bonds. The lowest BCUT2D eigenvalue weighted by atomic mass is 10.3. The van der Waals surface area contributed by atoms with Crippen LogP contribution in [0.15, 0.2) is 47.4 Å². The van der Waals surface area contributed by atoms with Gasteiger partial charge in [-0.05, 0) is 42.8 Å². The number of methoxy groups -OCH3 is 1. The number of hydrogen-bond acceptors (Lipinski definition) is 4. The first kappa shape index (κ1) is 21.9. The molecule has 2 aromatic carbocycles. The van der Waals surface area contributed by atoms with Gasteiger partial charge in [-0.25, -0.2) is 21.6 Å². The van der Waals surface area contributed by atoms with Crippen molar-refractivity contribution in [2.24, 2.45) is 0 Å². The summed E-state index contributed by atoms with van der Waals surface area (Å²) in [6.45, 7) is -0.457. The molecule has 28 heavy (non-hydrogen) atoms. The fraction of sp³-hybridized carbons (Fsp3) is 0.278. The average Bonchev–Trinajstić information content (AvgIpc) is 2.64. The van der Waals surface area contributed by atoms with E-state index in [1.165, 1.54) is 7.11 Å². The molecule has 152 valence electrons. The highest BCUT2D eigenvalue weighted by molar-refractivity contribution is 7.89. The molecule has 0 aliphatic rings. The summed E-state index contributed by atoms with van der Waals surface area (Å²) in [7, 11) is -2.68. The van der Waals surface area contributed by atoms with Crippen LogP contribution < -0.4 is 5.32 Å². The molecule has 1 N–H and O–H groups in total. The Balaban J connectivity index is 2.21. The Labute approximate surface area is 161 Å². The number of nitrogens with zero attached hydrogens (tertiary/aromatic N) is 1. The number of amides is 1. The number of hydrogen-bond donors (Lipinski definition) is 1. The van der Waals surface area contributed by atoms with E-state index < -0.39 is 45.6 Å². The zero-order valence-electron chi connectivity index (χ0n) is 15.0. The van der Waals surface area contributed by atoms with Gasteiger partial charge in [0, 0.05) is 26.3 Å². The topological polar surface area (TPSA) is 75.7 Å². The van der Waals surface area contributed by atoms with Crippen molar-refractivity contribution in [3.8, 4) is 0 Å². The SMILES string of the molecule is COCCCN(CC(=O)Nc1cc(F)ccc1F)S(=O)(=O)c1ccc(F)cc1. The number of carbonyl (C=O) groups is 1. The molecular formula is C18H19F3N2O4S. The van der Waals surface area contributed by atoms with E-state index in [1.54, 1.807) is 0 Å². The molecule has 0 heterocycles. The summed E-state index contributed by atoms with van der Waals surface area (Å²) < 4.78 is 71.4. The normalized spacial score (nSPS) is 11.6. The van der Waals surface area contributed by atoms with Crippen molar-refractivity contribution in [3.05, 3.63) is 59.9 Å². The van der Waals surface area contributed by atoms with Crippen molar-refractivity contribution in [1.29, 1.82) is 0 Å². The molecule has 0 saturated heterocycles. The number of benzene rings is 2. The summed E-state index contributed by atoms with van der Waals surface area (Å²) in [5.74, 6) is -3.08. The molecule has 0 atom stereocenters. The van der Waals surface area contributed by atoms with E-state index in [9.17, 15) is 26.4 Å². The van der Waals surface area contributed by atoms with Crippen molar-refractivity contribution in [2.45, 2.75) is 11.3 Å². The zero-order chi connectivity index (χ0) is 20.7. The van der Waals surface area contributed by atoms with Crippen molar-refractivity contribution in [2.75, 3.05) is 32.1 Å². The van der Waals surface area contributed by atoms with Gasteiger partial charge in [-0.15, -0.1) is 0 Å². The predicted molar refractivity (Wildman–Crippen MR) is 96.6 cm³/mol. The molecule has 10 heteroatoms. The fourth-order valence-electron chi connectivity index (χ4n) is 2.37. The Bertz CT molecular complexity index is 921. The fourth-order valence-corrected chi connectivity index (χ4v) is 3.80. The van der Waals surface area contributed by atoms with Gasteiger partial charge in [0.25, 0.3) is 0 Å². The van der Waals surface area contributed by atoms with Gasteiger partial charge in [0.05, 0.1) is 17.1 Å². The predicted octanol–water partition coefficient (Wildman–Crippen LogP) is 2.77. The summed E-state index contributed by atoms with van der Waals surface area (Å²) in [5.41, 5.74) is -0.402. The van der Waals surface area contributed by atoms with Crippen LogP contribution in [0.2, 0.25) is 0 Å². The number of rotatable bonds is 9. The van der Waals surface area contributed by atoms with Crippen LogP contribution >= 0.6 is 0 Å². The van der Waals surface area contributed by atoms with Crippen LogP contribution in [0.3, 0.4) is 0 Å². The Morgan fingerprint density at radius 3 is 2.36 bits per heavy atom. The summed E-state index contributed by atoms with van der Waals surface area (Å²) in [4.78, 5) is 12.1. The van der Waals surface area contributed by atoms with Crippen molar-refractivity contribution < 1.29 is 31.1 Å². The largest absolute Gasteiger partial charge is 0.385 e. The van der Waals surface area contributed by atoms with Gasteiger partial charge in [0.2, 0.25) is 15.9 Å². The molecule has 2 aromatic rings. The van der Waals surface area contributed by atoms with E-state index in [-0.39, 0.29) is 18.0 Å². The highest BCUT2D eigenvalue weighted by Gasteiger charge is 2.26. The van der Waals surface area contributed by atoms with Crippen LogP contribution in [0.5, 0.6) is 0 Å². The van der Waals surface area contributed by atoms with Crippen LogP contribution in [0.4, 0.5) is 18.9 Å². The minimum atomic E-state index is -4.12. The Hall–Kier alpha value is -2.43. The second-order valence-electron chi connectivity index (χ2n) is 5.81. The van der Waals surface area contributed by atoms with Gasteiger partial charge in [-0.3, -0.25) is 4.79 Å². The summed E-state index contributed by atoms with van der Waals surface area (Å²) in [6.07, 6.45) is 0.290. The summed E-state index contributed by atoms with van der Waals surface area (Å²) in [6, 6.07) is 6.66. The molecule has 0 aliphatic carbocycles. The first-order valence-electron chi connectivity index (χ1n) is 8.23. The third-order valence-electron chi connectivity index (χ3n) is 3.73. The molecule has 6 nitrogen and oxygen atoms in total. The quantitative estimate of drug-likeness (QED) is 0.638. The molecule has 0 unspecified atom stereocenters. The van der Waals surface area contributed by atoms with E-state index in [0.29, 0.717) is 6.42 Å². The van der Waals surface area contributed by atoms with Gasteiger partial charge < -0.3 is 10.1 Å². The number of nitrogens with one attached hydrogen (secondary N) is 1.